The normalized spacial score (nSPS) is 31.3. The van der Waals surface area contributed by atoms with Crippen LogP contribution >= 0.6 is 0 Å². The Kier molecular flexibility index (Phi) is 5.44. The van der Waals surface area contributed by atoms with Gasteiger partial charge >= 0.3 is 5.97 Å². The molecule has 1 N–H and O–H groups in total. The van der Waals surface area contributed by atoms with Gasteiger partial charge in [-0.25, -0.2) is 0 Å². The lowest BCUT2D eigenvalue weighted by atomic mass is 9.78. The van der Waals surface area contributed by atoms with E-state index < -0.39 is 0 Å². The summed E-state index contributed by atoms with van der Waals surface area (Å²) >= 11 is 0. The molecule has 17 heavy (non-hydrogen) atoms. The zero-order valence-corrected chi connectivity index (χ0v) is 11.8. The Labute approximate surface area is 105 Å². The molecule has 1 aliphatic carbocycles. The van der Waals surface area contributed by atoms with Gasteiger partial charge in [-0.05, 0) is 30.6 Å². The summed E-state index contributed by atoms with van der Waals surface area (Å²) < 4.78 is 4.88. The van der Waals surface area contributed by atoms with E-state index in [1.165, 1.54) is 26.4 Å². The summed E-state index contributed by atoms with van der Waals surface area (Å²) in [6.07, 6.45) is 3.83. The molecule has 100 valence electrons. The lowest BCUT2D eigenvalue weighted by Gasteiger charge is -2.38. The van der Waals surface area contributed by atoms with Gasteiger partial charge in [0.05, 0.1) is 7.11 Å². The highest BCUT2D eigenvalue weighted by Crippen LogP contribution is 2.29. The summed E-state index contributed by atoms with van der Waals surface area (Å²) in [4.78, 5) is 11.8. The number of hydrogen-bond donors (Lipinski definition) is 1. The SMILES string of the molecule is COC(=O)[C@@H](NC1C(C)CCCC1C)C(C)C. The van der Waals surface area contributed by atoms with Crippen molar-refractivity contribution in [2.45, 2.75) is 59.0 Å². The number of rotatable bonds is 4. The zero-order chi connectivity index (χ0) is 13.0. The van der Waals surface area contributed by atoms with Crippen LogP contribution in [0.1, 0.15) is 47.0 Å². The second-order valence-electron chi connectivity index (χ2n) is 5.82. The van der Waals surface area contributed by atoms with Crippen LogP contribution in [0.15, 0.2) is 0 Å². The van der Waals surface area contributed by atoms with Gasteiger partial charge in [0.15, 0.2) is 0 Å². The fraction of sp³-hybridized carbons (Fsp3) is 0.929. The minimum Gasteiger partial charge on any atom is -0.468 e. The topological polar surface area (TPSA) is 38.3 Å². The average molecular weight is 241 g/mol. The van der Waals surface area contributed by atoms with Gasteiger partial charge in [0, 0.05) is 6.04 Å². The Morgan fingerprint density at radius 2 is 1.76 bits per heavy atom. The van der Waals surface area contributed by atoms with Crippen molar-refractivity contribution in [3.8, 4) is 0 Å². The van der Waals surface area contributed by atoms with E-state index in [0.717, 1.165) is 0 Å². The van der Waals surface area contributed by atoms with Crippen molar-refractivity contribution in [2.75, 3.05) is 7.11 Å². The highest BCUT2D eigenvalue weighted by Gasteiger charge is 2.33. The molecule has 0 aromatic carbocycles. The maximum Gasteiger partial charge on any atom is 0.323 e. The smallest absolute Gasteiger partial charge is 0.323 e. The number of hydrogen-bond acceptors (Lipinski definition) is 3. The minimum absolute atomic E-state index is 0.134. The molecular formula is C14H27NO2. The average Bonchev–Trinajstić information content (AvgIpc) is 2.27. The Bertz CT molecular complexity index is 243. The third kappa shape index (κ3) is 3.70. The van der Waals surface area contributed by atoms with Crippen molar-refractivity contribution >= 4 is 5.97 Å². The molecule has 0 spiro atoms. The highest BCUT2D eigenvalue weighted by atomic mass is 16.5. The molecule has 1 fully saturated rings. The Morgan fingerprint density at radius 1 is 1.24 bits per heavy atom. The summed E-state index contributed by atoms with van der Waals surface area (Å²) in [5.41, 5.74) is 0. The van der Waals surface area contributed by atoms with Gasteiger partial charge < -0.3 is 10.1 Å². The van der Waals surface area contributed by atoms with Crippen LogP contribution in [0.25, 0.3) is 0 Å². The number of carbonyl (C=O) groups excluding carboxylic acids is 1. The van der Waals surface area contributed by atoms with Crippen LogP contribution < -0.4 is 5.32 Å². The molecule has 3 nitrogen and oxygen atoms in total. The van der Waals surface area contributed by atoms with Crippen LogP contribution in [-0.4, -0.2) is 25.2 Å². The van der Waals surface area contributed by atoms with Crippen LogP contribution in [0.2, 0.25) is 0 Å². The molecule has 0 aromatic heterocycles. The molecule has 3 heteroatoms. The monoisotopic (exact) mass is 241 g/mol. The third-order valence-corrected chi connectivity index (χ3v) is 4.04. The van der Waals surface area contributed by atoms with Crippen LogP contribution in [-0.2, 0) is 9.53 Å². The van der Waals surface area contributed by atoms with Crippen molar-refractivity contribution in [2.24, 2.45) is 17.8 Å². The largest absolute Gasteiger partial charge is 0.468 e. The van der Waals surface area contributed by atoms with E-state index in [0.29, 0.717) is 17.9 Å². The molecule has 1 saturated carbocycles. The van der Waals surface area contributed by atoms with E-state index in [1.54, 1.807) is 0 Å². The molecule has 0 radical (unpaired) electrons. The third-order valence-electron chi connectivity index (χ3n) is 4.04. The van der Waals surface area contributed by atoms with E-state index in [4.69, 9.17) is 4.74 Å². The number of esters is 1. The van der Waals surface area contributed by atoms with Crippen molar-refractivity contribution in [3.05, 3.63) is 0 Å². The number of methoxy groups -OCH3 is 1. The fourth-order valence-electron chi connectivity index (χ4n) is 2.88. The quantitative estimate of drug-likeness (QED) is 0.769. The standard InChI is InChI=1S/C14H27NO2/c1-9(2)12(14(16)17-5)15-13-10(3)7-6-8-11(13)4/h9-13,15H,6-8H2,1-5H3/t10?,11?,12-,13?/m0/s1. The van der Waals surface area contributed by atoms with E-state index in [-0.39, 0.29) is 17.9 Å². The summed E-state index contributed by atoms with van der Waals surface area (Å²) in [5, 5.41) is 3.53. The van der Waals surface area contributed by atoms with Crippen LogP contribution in [0.3, 0.4) is 0 Å². The minimum atomic E-state index is -0.173. The first-order valence-electron chi connectivity index (χ1n) is 6.81. The summed E-state index contributed by atoms with van der Waals surface area (Å²) in [7, 11) is 1.47. The molecule has 0 heterocycles. The second-order valence-corrected chi connectivity index (χ2v) is 5.82. The first-order chi connectivity index (χ1) is 7.97. The summed E-state index contributed by atoms with van der Waals surface area (Å²) in [6, 6.07) is 0.267. The predicted octanol–water partition coefficient (Wildman–Crippen LogP) is 2.60. The molecule has 0 aromatic rings. The van der Waals surface area contributed by atoms with Crippen LogP contribution in [0, 0.1) is 17.8 Å². The predicted molar refractivity (Wildman–Crippen MR) is 69.7 cm³/mol. The molecule has 0 amide bonds. The van der Waals surface area contributed by atoms with Crippen LogP contribution in [0.4, 0.5) is 0 Å². The Morgan fingerprint density at radius 3 is 2.18 bits per heavy atom. The lowest BCUT2D eigenvalue weighted by molar-refractivity contribution is -0.144. The van der Waals surface area contributed by atoms with Gasteiger partial charge in [-0.2, -0.15) is 0 Å². The Hall–Kier alpha value is -0.570. The fourth-order valence-corrected chi connectivity index (χ4v) is 2.88. The van der Waals surface area contributed by atoms with Gasteiger partial charge in [0.2, 0.25) is 0 Å². The van der Waals surface area contributed by atoms with Crippen molar-refractivity contribution < 1.29 is 9.53 Å². The molecular weight excluding hydrogens is 214 g/mol. The Balaban J connectivity index is 2.67. The first-order valence-corrected chi connectivity index (χ1v) is 6.81. The van der Waals surface area contributed by atoms with E-state index >= 15 is 0 Å². The van der Waals surface area contributed by atoms with Gasteiger partial charge in [-0.3, -0.25) is 4.79 Å². The zero-order valence-electron chi connectivity index (χ0n) is 11.8. The lowest BCUT2D eigenvalue weighted by Crippen LogP contribution is -2.52. The summed E-state index contributed by atoms with van der Waals surface area (Å²) in [5.74, 6) is 1.42. The van der Waals surface area contributed by atoms with E-state index in [1.807, 2.05) is 0 Å². The van der Waals surface area contributed by atoms with Gasteiger partial charge in [0.1, 0.15) is 6.04 Å². The number of nitrogens with one attached hydrogen (secondary N) is 1. The summed E-state index contributed by atoms with van der Waals surface area (Å²) in [6.45, 7) is 8.68. The van der Waals surface area contributed by atoms with Crippen molar-refractivity contribution in [3.63, 3.8) is 0 Å². The molecule has 0 bridgehead atoms. The number of carbonyl (C=O) groups is 1. The molecule has 2 unspecified atom stereocenters. The highest BCUT2D eigenvalue weighted by molar-refractivity contribution is 5.76. The van der Waals surface area contributed by atoms with Gasteiger partial charge in [-0.1, -0.05) is 34.1 Å². The molecule has 3 atom stereocenters. The van der Waals surface area contributed by atoms with Gasteiger partial charge in [-0.15, -0.1) is 0 Å². The van der Waals surface area contributed by atoms with Crippen LogP contribution in [0.5, 0.6) is 0 Å². The molecule has 0 aliphatic heterocycles. The van der Waals surface area contributed by atoms with E-state index in [2.05, 4.69) is 33.0 Å². The maximum absolute atomic E-state index is 11.8. The first kappa shape index (κ1) is 14.5. The number of ether oxygens (including phenoxy) is 1. The molecule has 1 aliphatic rings. The molecule has 1 rings (SSSR count). The van der Waals surface area contributed by atoms with Crippen molar-refractivity contribution in [1.29, 1.82) is 0 Å². The van der Waals surface area contributed by atoms with Crippen molar-refractivity contribution in [1.82, 2.24) is 5.32 Å². The second kappa shape index (κ2) is 6.39. The maximum atomic E-state index is 11.8. The molecule has 0 saturated heterocycles. The van der Waals surface area contributed by atoms with Gasteiger partial charge in [0.25, 0.3) is 0 Å². The van der Waals surface area contributed by atoms with E-state index in [9.17, 15) is 4.79 Å².